The molecule has 0 aliphatic heterocycles. The van der Waals surface area contributed by atoms with E-state index in [1.165, 1.54) is 38.0 Å². The molecular formula is C15H27N4O7P. The van der Waals surface area contributed by atoms with Gasteiger partial charge in [0, 0.05) is 13.3 Å². The van der Waals surface area contributed by atoms with Crippen molar-refractivity contribution in [1.82, 2.24) is 14.6 Å². The van der Waals surface area contributed by atoms with Crippen LogP contribution in [0.4, 0.5) is 5.82 Å². The third-order valence-electron chi connectivity index (χ3n) is 3.67. The van der Waals surface area contributed by atoms with Gasteiger partial charge in [-0.2, -0.15) is 4.98 Å². The molecule has 154 valence electrons. The standard InChI is InChI=1S/C15H27N4O7P/c1-6-12(26-11(3)19-8-7-13(16)17-15(19)21)9-25-27(22,24-5)18-10(2)14(20)23-4/h7-8,10-12H,6,9H2,1-5H3,(H,18,22)(H2,16,17,21)/t10-,11+,12-,27?/m0/s1. The van der Waals surface area contributed by atoms with Crippen LogP contribution in [0.2, 0.25) is 0 Å². The van der Waals surface area contributed by atoms with Crippen LogP contribution in [0.1, 0.15) is 33.4 Å². The largest absolute Gasteiger partial charge is 0.468 e. The Labute approximate surface area is 157 Å². The second-order valence-electron chi connectivity index (χ2n) is 5.66. The average Bonchev–Trinajstić information content (AvgIpc) is 2.63. The van der Waals surface area contributed by atoms with Gasteiger partial charge in [0.2, 0.25) is 0 Å². The van der Waals surface area contributed by atoms with Crippen molar-refractivity contribution < 1.29 is 27.9 Å². The van der Waals surface area contributed by atoms with Crippen LogP contribution in [0, 0.1) is 0 Å². The van der Waals surface area contributed by atoms with Gasteiger partial charge in [0.05, 0.1) is 19.8 Å². The number of hydrogen-bond donors (Lipinski definition) is 2. The van der Waals surface area contributed by atoms with Gasteiger partial charge in [0.1, 0.15) is 18.1 Å². The Bertz CT molecular complexity index is 726. The number of ether oxygens (including phenoxy) is 2. The normalized spacial score (nSPS) is 16.9. The van der Waals surface area contributed by atoms with Gasteiger partial charge in [0.15, 0.2) is 0 Å². The molecule has 1 unspecified atom stereocenters. The molecule has 0 fully saturated rings. The van der Waals surface area contributed by atoms with Gasteiger partial charge in [-0.25, -0.2) is 14.4 Å². The van der Waals surface area contributed by atoms with E-state index in [2.05, 4.69) is 14.8 Å². The monoisotopic (exact) mass is 406 g/mol. The highest BCUT2D eigenvalue weighted by atomic mass is 31.2. The number of rotatable bonds is 11. The highest BCUT2D eigenvalue weighted by Crippen LogP contribution is 2.43. The van der Waals surface area contributed by atoms with E-state index in [0.29, 0.717) is 6.42 Å². The molecule has 0 aromatic carbocycles. The van der Waals surface area contributed by atoms with E-state index in [1.807, 2.05) is 6.92 Å². The van der Waals surface area contributed by atoms with Crippen molar-refractivity contribution in [3.05, 3.63) is 22.7 Å². The van der Waals surface area contributed by atoms with E-state index >= 15 is 0 Å². The van der Waals surface area contributed by atoms with Crippen LogP contribution in [-0.2, 0) is 27.9 Å². The number of methoxy groups -OCH3 is 1. The van der Waals surface area contributed by atoms with Gasteiger partial charge >= 0.3 is 19.4 Å². The van der Waals surface area contributed by atoms with Crippen LogP contribution < -0.4 is 16.5 Å². The maximum atomic E-state index is 12.6. The minimum absolute atomic E-state index is 0.0933. The SMILES string of the molecule is CC[C@@H](COP(=O)(N[C@@H](C)C(=O)OC)OC)O[C@H](C)n1ccc(N)nc1=O. The predicted octanol–water partition coefficient (Wildman–Crippen LogP) is 1.06. The number of esters is 1. The Hall–Kier alpha value is -1.78. The molecule has 0 saturated carbocycles. The highest BCUT2D eigenvalue weighted by molar-refractivity contribution is 7.51. The highest BCUT2D eigenvalue weighted by Gasteiger charge is 2.30. The Kier molecular flexibility index (Phi) is 9.07. The summed E-state index contributed by atoms with van der Waals surface area (Å²) in [6.45, 7) is 4.88. The number of aromatic nitrogens is 2. The first kappa shape index (κ1) is 23.3. The summed E-state index contributed by atoms with van der Waals surface area (Å²) < 4.78 is 34.4. The summed E-state index contributed by atoms with van der Waals surface area (Å²) in [6.07, 6.45) is 0.839. The van der Waals surface area contributed by atoms with Crippen molar-refractivity contribution in [2.45, 2.75) is 45.6 Å². The molecule has 3 N–H and O–H groups in total. The summed E-state index contributed by atoms with van der Waals surface area (Å²) in [6, 6.07) is 0.593. The number of carbonyl (C=O) groups excluding carboxylic acids is 1. The van der Waals surface area contributed by atoms with Crippen molar-refractivity contribution in [2.24, 2.45) is 0 Å². The fraction of sp³-hybridized carbons (Fsp3) is 0.667. The van der Waals surface area contributed by atoms with Crippen LogP contribution in [-0.4, -0.2) is 48.5 Å². The molecule has 1 aromatic rings. The molecule has 27 heavy (non-hydrogen) atoms. The molecule has 0 aliphatic rings. The molecular weight excluding hydrogens is 379 g/mol. The van der Waals surface area contributed by atoms with Crippen molar-refractivity contribution in [3.63, 3.8) is 0 Å². The Morgan fingerprint density at radius 1 is 1.41 bits per heavy atom. The van der Waals surface area contributed by atoms with E-state index in [0.717, 1.165) is 0 Å². The Morgan fingerprint density at radius 2 is 2.07 bits per heavy atom. The number of nitrogens with zero attached hydrogens (tertiary/aromatic N) is 2. The maximum absolute atomic E-state index is 12.6. The number of anilines is 1. The summed E-state index contributed by atoms with van der Waals surface area (Å²) in [5, 5.41) is 2.48. The fourth-order valence-corrected chi connectivity index (χ4v) is 3.32. The Balaban J connectivity index is 2.72. The molecule has 0 spiro atoms. The zero-order chi connectivity index (χ0) is 20.6. The third-order valence-corrected chi connectivity index (χ3v) is 5.34. The molecule has 0 radical (unpaired) electrons. The molecule has 0 aliphatic carbocycles. The first-order valence-electron chi connectivity index (χ1n) is 8.31. The molecule has 11 nitrogen and oxygen atoms in total. The van der Waals surface area contributed by atoms with Crippen LogP contribution in [0.15, 0.2) is 17.1 Å². The fourth-order valence-electron chi connectivity index (χ4n) is 2.09. The van der Waals surface area contributed by atoms with Gasteiger partial charge < -0.3 is 19.7 Å². The van der Waals surface area contributed by atoms with Gasteiger partial charge in [-0.15, -0.1) is 0 Å². The van der Waals surface area contributed by atoms with E-state index in [9.17, 15) is 14.2 Å². The number of carbonyl (C=O) groups is 1. The quantitative estimate of drug-likeness (QED) is 0.404. The molecule has 12 heteroatoms. The summed E-state index contributed by atoms with van der Waals surface area (Å²) in [7, 11) is -1.34. The summed E-state index contributed by atoms with van der Waals surface area (Å²) in [4.78, 5) is 27.0. The molecule has 4 atom stereocenters. The second-order valence-corrected chi connectivity index (χ2v) is 7.53. The molecule has 1 rings (SSSR count). The van der Waals surface area contributed by atoms with Crippen molar-refractivity contribution in [2.75, 3.05) is 26.6 Å². The molecule has 0 saturated heterocycles. The summed E-state index contributed by atoms with van der Waals surface area (Å²) in [5.74, 6) is -0.492. The second kappa shape index (κ2) is 10.5. The van der Waals surface area contributed by atoms with Gasteiger partial charge in [0.25, 0.3) is 0 Å². The van der Waals surface area contributed by atoms with Crippen LogP contribution in [0.5, 0.6) is 0 Å². The lowest BCUT2D eigenvalue weighted by atomic mass is 10.3. The number of nitrogens with one attached hydrogen (secondary N) is 1. The molecule has 0 bridgehead atoms. The van der Waals surface area contributed by atoms with Crippen LogP contribution in [0.25, 0.3) is 0 Å². The minimum Gasteiger partial charge on any atom is -0.468 e. The smallest absolute Gasteiger partial charge is 0.406 e. The summed E-state index contributed by atoms with van der Waals surface area (Å²) in [5.41, 5.74) is 4.92. The summed E-state index contributed by atoms with van der Waals surface area (Å²) >= 11 is 0. The van der Waals surface area contributed by atoms with E-state index in [1.54, 1.807) is 6.92 Å². The lowest BCUT2D eigenvalue weighted by molar-refractivity contribution is -0.142. The van der Waals surface area contributed by atoms with Gasteiger partial charge in [-0.3, -0.25) is 13.9 Å². The van der Waals surface area contributed by atoms with Gasteiger partial charge in [-0.1, -0.05) is 6.92 Å². The number of hydrogen-bond acceptors (Lipinski definition) is 9. The maximum Gasteiger partial charge on any atom is 0.406 e. The predicted molar refractivity (Wildman–Crippen MR) is 98.0 cm³/mol. The van der Waals surface area contributed by atoms with E-state index in [4.69, 9.17) is 19.5 Å². The molecule has 1 heterocycles. The lowest BCUT2D eigenvalue weighted by Gasteiger charge is -2.25. The minimum atomic E-state index is -3.75. The van der Waals surface area contributed by atoms with Crippen LogP contribution in [0.3, 0.4) is 0 Å². The van der Waals surface area contributed by atoms with Crippen molar-refractivity contribution in [1.29, 1.82) is 0 Å². The van der Waals surface area contributed by atoms with Crippen LogP contribution >= 0.6 is 7.75 Å². The molecule has 1 aromatic heterocycles. The van der Waals surface area contributed by atoms with E-state index < -0.39 is 37.8 Å². The topological polar surface area (TPSA) is 144 Å². The van der Waals surface area contributed by atoms with Crippen molar-refractivity contribution >= 4 is 19.5 Å². The van der Waals surface area contributed by atoms with Gasteiger partial charge in [-0.05, 0) is 26.3 Å². The Morgan fingerprint density at radius 3 is 2.59 bits per heavy atom. The van der Waals surface area contributed by atoms with E-state index in [-0.39, 0.29) is 12.4 Å². The zero-order valence-electron chi connectivity index (χ0n) is 16.1. The van der Waals surface area contributed by atoms with Crippen molar-refractivity contribution in [3.8, 4) is 0 Å². The number of nitrogen functional groups attached to an aromatic ring is 1. The molecule has 0 amide bonds. The average molecular weight is 406 g/mol. The first-order valence-corrected chi connectivity index (χ1v) is 9.86. The zero-order valence-corrected chi connectivity index (χ0v) is 17.0. The lowest BCUT2D eigenvalue weighted by Crippen LogP contribution is -2.35. The first-order chi connectivity index (χ1) is 12.7. The number of nitrogens with two attached hydrogens (primary N) is 1. The third kappa shape index (κ3) is 7.04.